The van der Waals surface area contributed by atoms with Gasteiger partial charge < -0.3 is 14.4 Å². The Morgan fingerprint density at radius 1 is 1.33 bits per heavy atom. The van der Waals surface area contributed by atoms with E-state index in [4.69, 9.17) is 0 Å². The van der Waals surface area contributed by atoms with Crippen molar-refractivity contribution in [2.45, 2.75) is 39.3 Å². The highest BCUT2D eigenvalue weighted by atomic mass is 79.9. The number of carbonyl (C=O) groups is 2. The third kappa shape index (κ3) is 2.73. The first-order valence-corrected chi connectivity index (χ1v) is 7.90. The fourth-order valence-electron chi connectivity index (χ4n) is 2.75. The number of amides is 2. The molecule has 0 radical (unpaired) electrons. The van der Waals surface area contributed by atoms with Crippen LogP contribution < -0.4 is 0 Å². The molecule has 0 saturated carbocycles. The van der Waals surface area contributed by atoms with E-state index >= 15 is 0 Å². The first kappa shape index (κ1) is 16.1. The lowest BCUT2D eigenvalue weighted by Gasteiger charge is -2.44. The minimum Gasteiger partial charge on any atom is -0.342 e. The highest BCUT2D eigenvalue weighted by molar-refractivity contribution is 9.10. The molecule has 0 aromatic carbocycles. The van der Waals surface area contributed by atoms with Crippen LogP contribution in [0.4, 0.5) is 0 Å². The molecule has 2 rings (SSSR count). The number of hydrogen-bond donors (Lipinski definition) is 0. The van der Waals surface area contributed by atoms with Crippen LogP contribution >= 0.6 is 15.9 Å². The Hall–Kier alpha value is -1.30. The van der Waals surface area contributed by atoms with Crippen molar-refractivity contribution >= 4 is 27.7 Å². The van der Waals surface area contributed by atoms with Gasteiger partial charge >= 0.3 is 0 Å². The summed E-state index contributed by atoms with van der Waals surface area (Å²) in [5, 5.41) is 0. The van der Waals surface area contributed by atoms with E-state index in [9.17, 15) is 9.59 Å². The van der Waals surface area contributed by atoms with Crippen molar-refractivity contribution in [3.8, 4) is 0 Å². The first-order valence-electron chi connectivity index (χ1n) is 7.11. The van der Waals surface area contributed by atoms with E-state index in [1.165, 1.54) is 0 Å². The van der Waals surface area contributed by atoms with E-state index in [1.54, 1.807) is 30.7 Å². The van der Waals surface area contributed by atoms with Crippen LogP contribution in [0.3, 0.4) is 0 Å². The van der Waals surface area contributed by atoms with E-state index in [-0.39, 0.29) is 17.9 Å². The second-order valence-corrected chi connectivity index (χ2v) is 7.20. The molecule has 0 atom stereocenters. The van der Waals surface area contributed by atoms with Gasteiger partial charge in [0.15, 0.2) is 0 Å². The summed E-state index contributed by atoms with van der Waals surface area (Å²) < 4.78 is 2.81. The molecule has 0 unspecified atom stereocenters. The number of carbonyl (C=O) groups excluding carboxylic acids is 2. The predicted molar refractivity (Wildman–Crippen MR) is 85.3 cm³/mol. The molecule has 0 aliphatic carbocycles. The monoisotopic (exact) mass is 355 g/mol. The zero-order valence-electron chi connectivity index (χ0n) is 13.2. The zero-order valence-corrected chi connectivity index (χ0v) is 14.8. The number of aromatic nitrogens is 1. The smallest absolute Gasteiger partial charge is 0.271 e. The summed E-state index contributed by atoms with van der Waals surface area (Å²) in [5.74, 6) is -0.121. The van der Waals surface area contributed by atoms with E-state index in [0.717, 1.165) is 4.47 Å². The van der Waals surface area contributed by atoms with Gasteiger partial charge in [0, 0.05) is 36.8 Å². The molecule has 0 N–H and O–H groups in total. The molecule has 1 aliphatic heterocycles. The summed E-state index contributed by atoms with van der Waals surface area (Å²) in [7, 11) is 1.78. The standard InChI is InChI=1S/C15H22BrN3O2/c1-10(2)18-9-11(16)8-12(18)13(20)19-7-6-17(5)14(21)15(19,3)4/h8-10H,6-7H2,1-5H3. The minimum atomic E-state index is -0.817. The van der Waals surface area contributed by atoms with Crippen LogP contribution in [0.15, 0.2) is 16.7 Å². The molecule has 0 spiro atoms. The average Bonchev–Trinajstić information content (AvgIpc) is 2.78. The molecule has 2 heterocycles. The van der Waals surface area contributed by atoms with E-state index in [0.29, 0.717) is 18.8 Å². The number of piperazine rings is 1. The fraction of sp³-hybridized carbons (Fsp3) is 0.600. The predicted octanol–water partition coefficient (Wildman–Crippen LogP) is 2.52. The topological polar surface area (TPSA) is 45.6 Å². The van der Waals surface area contributed by atoms with Crippen molar-refractivity contribution in [3.63, 3.8) is 0 Å². The van der Waals surface area contributed by atoms with Crippen molar-refractivity contribution < 1.29 is 9.59 Å². The van der Waals surface area contributed by atoms with Crippen LogP contribution in [0.25, 0.3) is 0 Å². The number of hydrogen-bond acceptors (Lipinski definition) is 2. The molecule has 1 fully saturated rings. The quantitative estimate of drug-likeness (QED) is 0.818. The molecule has 5 nitrogen and oxygen atoms in total. The van der Waals surface area contributed by atoms with Crippen molar-refractivity contribution in [3.05, 3.63) is 22.4 Å². The minimum absolute atomic E-state index is 0.0242. The third-order valence-electron chi connectivity index (χ3n) is 4.04. The van der Waals surface area contributed by atoms with Gasteiger partial charge in [0.2, 0.25) is 5.91 Å². The Balaban J connectivity index is 2.38. The van der Waals surface area contributed by atoms with Crippen LogP contribution in [-0.2, 0) is 4.79 Å². The number of nitrogens with zero attached hydrogens (tertiary/aromatic N) is 3. The lowest BCUT2D eigenvalue weighted by atomic mass is 9.97. The molecule has 6 heteroatoms. The maximum absolute atomic E-state index is 12.9. The Morgan fingerprint density at radius 3 is 2.52 bits per heavy atom. The maximum atomic E-state index is 12.9. The second kappa shape index (κ2) is 5.48. The largest absolute Gasteiger partial charge is 0.342 e. The second-order valence-electron chi connectivity index (χ2n) is 6.29. The van der Waals surface area contributed by atoms with E-state index in [1.807, 2.05) is 30.7 Å². The van der Waals surface area contributed by atoms with Crippen LogP contribution in [0.1, 0.15) is 44.2 Å². The third-order valence-corrected chi connectivity index (χ3v) is 4.47. The van der Waals surface area contributed by atoms with Crippen LogP contribution in [0, 0.1) is 0 Å². The highest BCUT2D eigenvalue weighted by Crippen LogP contribution is 2.27. The number of halogens is 1. The lowest BCUT2D eigenvalue weighted by Crippen LogP contribution is -2.63. The van der Waals surface area contributed by atoms with Crippen LogP contribution in [0.5, 0.6) is 0 Å². The Bertz CT molecular complexity index is 577. The molecule has 1 saturated heterocycles. The van der Waals surface area contributed by atoms with Gasteiger partial charge in [-0.3, -0.25) is 9.59 Å². The van der Waals surface area contributed by atoms with E-state index < -0.39 is 5.54 Å². The van der Waals surface area contributed by atoms with Gasteiger partial charge in [0.05, 0.1) is 0 Å². The number of rotatable bonds is 2. The van der Waals surface area contributed by atoms with Gasteiger partial charge in [-0.15, -0.1) is 0 Å². The normalized spacial score (nSPS) is 18.5. The Labute approximate surface area is 134 Å². The molecule has 0 bridgehead atoms. The summed E-state index contributed by atoms with van der Waals surface area (Å²) in [6.07, 6.45) is 1.91. The molecular formula is C15H22BrN3O2. The van der Waals surface area contributed by atoms with Crippen LogP contribution in [-0.4, -0.2) is 51.9 Å². The molecular weight excluding hydrogens is 334 g/mol. The molecule has 1 aromatic heterocycles. The zero-order chi connectivity index (χ0) is 15.9. The Morgan fingerprint density at radius 2 is 1.95 bits per heavy atom. The molecule has 116 valence electrons. The van der Waals surface area contributed by atoms with E-state index in [2.05, 4.69) is 15.9 Å². The summed E-state index contributed by atoms with van der Waals surface area (Å²) in [6.45, 7) is 8.79. The van der Waals surface area contributed by atoms with Crippen LogP contribution in [0.2, 0.25) is 0 Å². The summed E-state index contributed by atoms with van der Waals surface area (Å²) in [6, 6.07) is 2.00. The highest BCUT2D eigenvalue weighted by Gasteiger charge is 2.43. The maximum Gasteiger partial charge on any atom is 0.271 e. The summed E-state index contributed by atoms with van der Waals surface area (Å²) in [5.41, 5.74) is -0.204. The van der Waals surface area contributed by atoms with Crippen molar-refractivity contribution in [1.29, 1.82) is 0 Å². The SMILES string of the molecule is CC(C)n1cc(Br)cc1C(=O)N1CCN(C)C(=O)C1(C)C. The van der Waals surface area contributed by atoms with Gasteiger partial charge in [-0.2, -0.15) is 0 Å². The van der Waals surface area contributed by atoms with Gasteiger partial charge in [-0.25, -0.2) is 0 Å². The first-order chi connectivity index (χ1) is 9.66. The molecule has 1 aliphatic rings. The van der Waals surface area contributed by atoms with Crippen molar-refractivity contribution in [2.24, 2.45) is 0 Å². The molecule has 21 heavy (non-hydrogen) atoms. The lowest BCUT2D eigenvalue weighted by molar-refractivity contribution is -0.144. The molecule has 1 aromatic rings. The van der Waals surface area contributed by atoms with Gasteiger partial charge in [0.1, 0.15) is 11.2 Å². The fourth-order valence-corrected chi connectivity index (χ4v) is 3.19. The van der Waals surface area contributed by atoms with Crippen molar-refractivity contribution in [1.82, 2.24) is 14.4 Å². The van der Waals surface area contributed by atoms with Gasteiger partial charge in [0.25, 0.3) is 5.91 Å². The summed E-state index contributed by atoms with van der Waals surface area (Å²) in [4.78, 5) is 28.6. The Kier molecular flexibility index (Phi) is 4.19. The summed E-state index contributed by atoms with van der Waals surface area (Å²) >= 11 is 3.43. The molecule has 2 amide bonds. The van der Waals surface area contributed by atoms with Crippen molar-refractivity contribution in [2.75, 3.05) is 20.1 Å². The average molecular weight is 356 g/mol. The number of likely N-dealkylation sites (N-methyl/N-ethyl adjacent to an activating group) is 1. The van der Waals surface area contributed by atoms with Gasteiger partial charge in [-0.1, -0.05) is 0 Å². The van der Waals surface area contributed by atoms with Gasteiger partial charge in [-0.05, 0) is 49.7 Å².